The molecule has 7 heteroatoms. The summed E-state index contributed by atoms with van der Waals surface area (Å²) in [7, 11) is 1.59. The summed E-state index contributed by atoms with van der Waals surface area (Å²) >= 11 is 5.76. The van der Waals surface area contributed by atoms with Crippen LogP contribution < -0.4 is 4.74 Å². The molecule has 0 saturated carbocycles. The number of allylic oxidation sites excluding steroid dienone is 1. The van der Waals surface area contributed by atoms with Crippen molar-refractivity contribution in [2.75, 3.05) is 20.3 Å². The summed E-state index contributed by atoms with van der Waals surface area (Å²) in [6.45, 7) is 0.912. The number of carbonyl (C=O) groups excluding carboxylic acids is 1. The van der Waals surface area contributed by atoms with Crippen LogP contribution in [0.4, 0.5) is 5.69 Å². The normalized spacial score (nSPS) is 10.8. The van der Waals surface area contributed by atoms with Crippen LogP contribution in [-0.4, -0.2) is 31.0 Å². The minimum absolute atomic E-state index is 0.0533. The summed E-state index contributed by atoms with van der Waals surface area (Å²) in [4.78, 5) is 22.5. The zero-order valence-electron chi connectivity index (χ0n) is 13.5. The van der Waals surface area contributed by atoms with E-state index in [0.29, 0.717) is 30.1 Å². The third kappa shape index (κ3) is 5.41. The zero-order valence-corrected chi connectivity index (χ0v) is 14.2. The van der Waals surface area contributed by atoms with Crippen LogP contribution in [0.1, 0.15) is 15.9 Å². The molecule has 0 N–H and O–H groups in total. The summed E-state index contributed by atoms with van der Waals surface area (Å²) in [5.74, 6) is 0.423. The Morgan fingerprint density at radius 2 is 1.92 bits per heavy atom. The Bertz CT molecular complexity index is 787. The van der Waals surface area contributed by atoms with Gasteiger partial charge in [0, 0.05) is 18.7 Å². The first-order chi connectivity index (χ1) is 12.0. The highest BCUT2D eigenvalue weighted by molar-refractivity contribution is 6.32. The molecule has 0 aliphatic rings. The van der Waals surface area contributed by atoms with E-state index in [1.165, 1.54) is 24.3 Å². The van der Waals surface area contributed by atoms with Gasteiger partial charge in [-0.05, 0) is 42.0 Å². The fourth-order valence-corrected chi connectivity index (χ4v) is 2.19. The van der Waals surface area contributed by atoms with Crippen LogP contribution in [0.2, 0.25) is 5.02 Å². The number of nitro benzene ring substituents is 1. The summed E-state index contributed by atoms with van der Waals surface area (Å²) in [6.07, 6.45) is 2.86. The van der Waals surface area contributed by atoms with E-state index in [1.807, 2.05) is 0 Å². The van der Waals surface area contributed by atoms with Crippen molar-refractivity contribution < 1.29 is 19.2 Å². The van der Waals surface area contributed by atoms with Crippen molar-refractivity contribution in [2.24, 2.45) is 0 Å². The lowest BCUT2D eigenvalue weighted by Gasteiger charge is -2.05. The van der Waals surface area contributed by atoms with E-state index in [-0.39, 0.29) is 16.5 Å². The minimum atomic E-state index is -0.566. The molecule has 25 heavy (non-hydrogen) atoms. The molecule has 0 radical (unpaired) electrons. The number of methoxy groups -OCH3 is 1. The lowest BCUT2D eigenvalue weighted by molar-refractivity contribution is -0.384. The number of hydrogen-bond acceptors (Lipinski definition) is 5. The average molecular weight is 362 g/mol. The van der Waals surface area contributed by atoms with E-state index in [4.69, 9.17) is 21.1 Å². The zero-order chi connectivity index (χ0) is 18.2. The van der Waals surface area contributed by atoms with Crippen LogP contribution >= 0.6 is 11.6 Å². The largest absolute Gasteiger partial charge is 0.491 e. The van der Waals surface area contributed by atoms with Gasteiger partial charge in [0.15, 0.2) is 5.78 Å². The van der Waals surface area contributed by atoms with E-state index >= 15 is 0 Å². The van der Waals surface area contributed by atoms with Crippen molar-refractivity contribution in [3.05, 3.63) is 74.8 Å². The van der Waals surface area contributed by atoms with Crippen LogP contribution in [0.3, 0.4) is 0 Å². The maximum absolute atomic E-state index is 12.2. The third-order valence-electron chi connectivity index (χ3n) is 3.29. The molecule has 0 spiro atoms. The highest BCUT2D eigenvalue weighted by Crippen LogP contribution is 2.25. The van der Waals surface area contributed by atoms with Gasteiger partial charge in [-0.15, -0.1) is 0 Å². The summed E-state index contributed by atoms with van der Waals surface area (Å²) in [6, 6.07) is 11.0. The number of benzene rings is 2. The van der Waals surface area contributed by atoms with Gasteiger partial charge in [0.25, 0.3) is 5.69 Å². The number of ether oxygens (including phenoxy) is 2. The van der Waals surface area contributed by atoms with Gasteiger partial charge in [-0.3, -0.25) is 14.9 Å². The van der Waals surface area contributed by atoms with E-state index in [1.54, 1.807) is 37.4 Å². The summed E-state index contributed by atoms with van der Waals surface area (Å²) in [5, 5.41) is 10.9. The number of halogens is 1. The summed E-state index contributed by atoms with van der Waals surface area (Å²) < 4.78 is 10.3. The molecule has 0 aliphatic heterocycles. The molecular formula is C18H16ClNO5. The molecule has 0 aliphatic carbocycles. The van der Waals surface area contributed by atoms with Crippen LogP contribution in [0, 0.1) is 10.1 Å². The first-order valence-electron chi connectivity index (χ1n) is 7.39. The van der Waals surface area contributed by atoms with Crippen molar-refractivity contribution in [2.45, 2.75) is 0 Å². The fraction of sp³-hybridized carbons (Fsp3) is 0.167. The Morgan fingerprint density at radius 3 is 2.56 bits per heavy atom. The monoisotopic (exact) mass is 361 g/mol. The average Bonchev–Trinajstić information content (AvgIpc) is 2.61. The molecule has 0 aromatic heterocycles. The van der Waals surface area contributed by atoms with Gasteiger partial charge in [0.1, 0.15) is 17.4 Å². The van der Waals surface area contributed by atoms with E-state index in [9.17, 15) is 14.9 Å². The van der Waals surface area contributed by atoms with Gasteiger partial charge in [0.05, 0.1) is 11.5 Å². The Morgan fingerprint density at radius 1 is 1.20 bits per heavy atom. The third-order valence-corrected chi connectivity index (χ3v) is 3.61. The molecule has 6 nitrogen and oxygen atoms in total. The quantitative estimate of drug-likeness (QED) is 0.232. The first kappa shape index (κ1) is 18.6. The molecule has 2 aromatic carbocycles. The molecule has 0 atom stereocenters. The topological polar surface area (TPSA) is 78.7 Å². The van der Waals surface area contributed by atoms with Gasteiger partial charge >= 0.3 is 0 Å². The molecule has 0 fully saturated rings. The van der Waals surface area contributed by atoms with E-state index < -0.39 is 4.92 Å². The molecule has 0 heterocycles. The molecule has 0 amide bonds. The maximum Gasteiger partial charge on any atom is 0.288 e. The van der Waals surface area contributed by atoms with Crippen LogP contribution in [0.15, 0.2) is 48.5 Å². The van der Waals surface area contributed by atoms with Crippen LogP contribution in [0.25, 0.3) is 6.08 Å². The summed E-state index contributed by atoms with van der Waals surface area (Å²) in [5.41, 5.74) is 0.802. The number of hydrogen-bond donors (Lipinski definition) is 0. The second-order valence-electron chi connectivity index (χ2n) is 5.03. The van der Waals surface area contributed by atoms with E-state index in [0.717, 1.165) is 0 Å². The lowest BCUT2D eigenvalue weighted by Crippen LogP contribution is -2.04. The SMILES string of the molecule is COCCOc1ccc(C(=O)/C=C/c2ccc(Cl)c([N+](=O)[O-])c2)cc1. The Hall–Kier alpha value is -2.70. The van der Waals surface area contributed by atoms with Gasteiger partial charge in [-0.25, -0.2) is 0 Å². The Balaban J connectivity index is 2.05. The standard InChI is InChI=1S/C18H16ClNO5/c1-24-10-11-25-15-6-4-14(5-7-15)18(21)9-3-13-2-8-16(19)17(12-13)20(22)23/h2-9,12H,10-11H2,1H3/b9-3+. The molecular weight excluding hydrogens is 346 g/mol. The van der Waals surface area contributed by atoms with Crippen molar-refractivity contribution in [3.63, 3.8) is 0 Å². The number of carbonyl (C=O) groups is 1. The van der Waals surface area contributed by atoms with Gasteiger partial charge < -0.3 is 9.47 Å². The Labute approximate surface area is 149 Å². The molecule has 0 unspecified atom stereocenters. The fourth-order valence-electron chi connectivity index (χ4n) is 2.00. The predicted molar refractivity (Wildman–Crippen MR) is 95.3 cm³/mol. The number of rotatable bonds is 8. The smallest absolute Gasteiger partial charge is 0.288 e. The minimum Gasteiger partial charge on any atom is -0.491 e. The van der Waals surface area contributed by atoms with Crippen LogP contribution in [-0.2, 0) is 4.74 Å². The number of nitrogens with zero attached hydrogens (tertiary/aromatic N) is 1. The number of ketones is 1. The lowest BCUT2D eigenvalue weighted by atomic mass is 10.1. The highest BCUT2D eigenvalue weighted by Gasteiger charge is 2.11. The molecule has 130 valence electrons. The molecule has 2 aromatic rings. The Kier molecular flexibility index (Phi) is 6.68. The van der Waals surface area contributed by atoms with Crippen molar-refractivity contribution >= 4 is 29.1 Å². The van der Waals surface area contributed by atoms with Crippen molar-refractivity contribution in [3.8, 4) is 5.75 Å². The molecule has 0 bridgehead atoms. The van der Waals surface area contributed by atoms with Crippen molar-refractivity contribution in [1.29, 1.82) is 0 Å². The first-order valence-corrected chi connectivity index (χ1v) is 7.77. The molecule has 2 rings (SSSR count). The number of nitro groups is 1. The van der Waals surface area contributed by atoms with Gasteiger partial charge in [0.2, 0.25) is 0 Å². The van der Waals surface area contributed by atoms with Gasteiger partial charge in [-0.2, -0.15) is 0 Å². The second kappa shape index (κ2) is 8.96. The van der Waals surface area contributed by atoms with E-state index in [2.05, 4.69) is 0 Å². The predicted octanol–water partition coefficient (Wildman–Crippen LogP) is 4.17. The van der Waals surface area contributed by atoms with Gasteiger partial charge in [-0.1, -0.05) is 23.7 Å². The van der Waals surface area contributed by atoms with Crippen molar-refractivity contribution in [1.82, 2.24) is 0 Å². The second-order valence-corrected chi connectivity index (χ2v) is 5.44. The highest BCUT2D eigenvalue weighted by atomic mass is 35.5. The maximum atomic E-state index is 12.2. The van der Waals surface area contributed by atoms with Crippen LogP contribution in [0.5, 0.6) is 5.75 Å². The molecule has 0 saturated heterocycles.